The fourth-order valence-corrected chi connectivity index (χ4v) is 4.76. The van der Waals surface area contributed by atoms with Gasteiger partial charge in [-0.3, -0.25) is 9.69 Å². The van der Waals surface area contributed by atoms with Crippen molar-refractivity contribution in [2.45, 2.75) is 25.9 Å². The molecule has 1 amide bonds. The first-order valence-electron chi connectivity index (χ1n) is 11.6. The van der Waals surface area contributed by atoms with Gasteiger partial charge in [0, 0.05) is 30.4 Å². The summed E-state index contributed by atoms with van der Waals surface area (Å²) in [4.78, 5) is 36.9. The van der Waals surface area contributed by atoms with Crippen LogP contribution in [0.25, 0.3) is 0 Å². The predicted octanol–water partition coefficient (Wildman–Crippen LogP) is -1.09. The van der Waals surface area contributed by atoms with Gasteiger partial charge in [0.05, 0.1) is 19.6 Å². The molecule has 0 bridgehead atoms. The Morgan fingerprint density at radius 3 is 2.49 bits per heavy atom. The number of fused-ring (bicyclic) bond motifs is 2. The Kier molecular flexibility index (Phi) is 7.52. The Morgan fingerprint density at radius 2 is 1.77 bits per heavy atom. The lowest BCUT2D eigenvalue weighted by atomic mass is 10.1. The Hall–Kier alpha value is -3.63. The highest BCUT2D eigenvalue weighted by Crippen LogP contribution is 2.33. The molecule has 2 aromatic rings. The predicted molar refractivity (Wildman–Crippen MR) is 123 cm³/mol. The topological polar surface area (TPSA) is 124 Å². The molecule has 186 valence electrons. The van der Waals surface area contributed by atoms with E-state index in [-0.39, 0.29) is 11.9 Å². The van der Waals surface area contributed by atoms with Gasteiger partial charge in [0.2, 0.25) is 12.7 Å². The van der Waals surface area contributed by atoms with Crippen molar-refractivity contribution in [3.8, 4) is 11.5 Å². The van der Waals surface area contributed by atoms with E-state index in [0.29, 0.717) is 13.3 Å². The molecule has 2 N–H and O–H groups in total. The van der Waals surface area contributed by atoms with Crippen LogP contribution < -0.4 is 24.4 Å². The number of hydrogen-bond donors (Lipinski definition) is 2. The van der Waals surface area contributed by atoms with Gasteiger partial charge >= 0.3 is 5.97 Å². The van der Waals surface area contributed by atoms with Crippen LogP contribution in [0.15, 0.2) is 42.5 Å². The quantitative estimate of drug-likeness (QED) is 0.526. The highest BCUT2D eigenvalue weighted by atomic mass is 16.7. The number of hydrogen-bond acceptors (Lipinski definition) is 7. The van der Waals surface area contributed by atoms with Gasteiger partial charge in [-0.05, 0) is 43.2 Å². The minimum Gasteiger partial charge on any atom is -0.539 e. The third kappa shape index (κ3) is 5.90. The van der Waals surface area contributed by atoms with E-state index in [4.69, 9.17) is 29.3 Å². The summed E-state index contributed by atoms with van der Waals surface area (Å²) in [6, 6.07) is 14.8. The average Bonchev–Trinajstić information content (AvgIpc) is 3.43. The number of rotatable bonds is 4. The van der Waals surface area contributed by atoms with Gasteiger partial charge in [0.1, 0.15) is 6.54 Å². The first-order valence-corrected chi connectivity index (χ1v) is 11.6. The standard InChI is InChI=1S/C23H27N3O3.C2H2O4/c1-17-12-19-4-2-3-5-20(19)26(17)23(27)15-25-10-8-24(9-11-25)14-18-6-7-21-22(13-18)29-16-28-21;3-1(4)2(5)6/h2-7,13,17H,8-12,14-16H2,1H3;(H,3,4)(H,5,6). The van der Waals surface area contributed by atoms with Crippen LogP contribution in [-0.4, -0.2) is 73.4 Å². The Bertz CT molecular complexity index is 1090. The number of quaternary nitrogens is 1. The molecular formula is C25H29N3O7. The SMILES string of the molecule is CC1Cc2ccccc2N1C(=O)CN1CC[NH+](Cc2ccc3c(c2)OCO3)CC1.O=C([O-])C(=O)O. The number of ether oxygens (including phenoxy) is 2. The summed E-state index contributed by atoms with van der Waals surface area (Å²) in [5, 5.41) is 16.3. The van der Waals surface area contributed by atoms with Crippen LogP contribution in [-0.2, 0) is 27.3 Å². The fourth-order valence-electron chi connectivity index (χ4n) is 4.76. The first kappa shape index (κ1) is 24.5. The zero-order chi connectivity index (χ0) is 24.9. The number of nitrogens with zero attached hydrogens (tertiary/aromatic N) is 2. The van der Waals surface area contributed by atoms with Gasteiger partial charge in [-0.15, -0.1) is 0 Å². The van der Waals surface area contributed by atoms with Crippen molar-refractivity contribution in [1.29, 1.82) is 0 Å². The minimum atomic E-state index is -2.07. The zero-order valence-corrected chi connectivity index (χ0v) is 19.6. The molecule has 10 nitrogen and oxygen atoms in total. The summed E-state index contributed by atoms with van der Waals surface area (Å²) in [7, 11) is 0. The molecule has 3 heterocycles. The van der Waals surface area contributed by atoms with Crippen LogP contribution in [0.5, 0.6) is 11.5 Å². The van der Waals surface area contributed by atoms with E-state index in [2.05, 4.69) is 42.2 Å². The van der Waals surface area contributed by atoms with E-state index in [0.717, 1.165) is 56.3 Å². The number of para-hydroxylation sites is 1. The number of amides is 1. The lowest BCUT2D eigenvalue weighted by Crippen LogP contribution is -3.13. The molecule has 1 fully saturated rings. The van der Waals surface area contributed by atoms with Gasteiger partial charge in [-0.2, -0.15) is 0 Å². The minimum absolute atomic E-state index is 0.224. The van der Waals surface area contributed by atoms with Crippen LogP contribution in [0.4, 0.5) is 5.69 Å². The van der Waals surface area contributed by atoms with Crippen LogP contribution in [0.2, 0.25) is 0 Å². The largest absolute Gasteiger partial charge is 0.539 e. The number of aliphatic carboxylic acids is 2. The van der Waals surface area contributed by atoms with Crippen molar-refractivity contribution in [1.82, 2.24) is 4.90 Å². The fraction of sp³-hybridized carbons (Fsp3) is 0.400. The summed E-state index contributed by atoms with van der Waals surface area (Å²) < 4.78 is 10.9. The van der Waals surface area contributed by atoms with Crippen molar-refractivity contribution in [2.75, 3.05) is 44.4 Å². The number of carboxylic acids is 2. The van der Waals surface area contributed by atoms with Crippen LogP contribution in [0, 0.1) is 0 Å². The van der Waals surface area contributed by atoms with Crippen molar-refractivity contribution in [3.63, 3.8) is 0 Å². The van der Waals surface area contributed by atoms with E-state index < -0.39 is 11.9 Å². The van der Waals surface area contributed by atoms with Crippen molar-refractivity contribution >= 4 is 23.5 Å². The second kappa shape index (κ2) is 10.7. The molecule has 35 heavy (non-hydrogen) atoms. The molecule has 2 aromatic carbocycles. The number of carboxylic acid groups (broad SMARTS) is 2. The van der Waals surface area contributed by atoms with Gasteiger partial charge in [0.25, 0.3) is 0 Å². The Morgan fingerprint density at radius 1 is 1.09 bits per heavy atom. The lowest BCUT2D eigenvalue weighted by Gasteiger charge is -2.33. The molecular weight excluding hydrogens is 454 g/mol. The summed E-state index contributed by atoms with van der Waals surface area (Å²) in [6.45, 7) is 7.96. The average molecular weight is 484 g/mol. The van der Waals surface area contributed by atoms with Gasteiger partial charge in [0.15, 0.2) is 17.5 Å². The summed E-state index contributed by atoms with van der Waals surface area (Å²) in [6.07, 6.45) is 0.954. The Labute approximate surface area is 203 Å². The van der Waals surface area contributed by atoms with Crippen molar-refractivity contribution in [3.05, 3.63) is 53.6 Å². The monoisotopic (exact) mass is 483 g/mol. The molecule has 1 atom stereocenters. The lowest BCUT2D eigenvalue weighted by molar-refractivity contribution is -0.918. The normalized spacial score (nSPS) is 19.0. The third-order valence-electron chi connectivity index (χ3n) is 6.46. The number of benzene rings is 2. The van der Waals surface area contributed by atoms with E-state index in [1.165, 1.54) is 11.1 Å². The number of piperazine rings is 1. The Balaban J connectivity index is 0.000000431. The second-order valence-electron chi connectivity index (χ2n) is 8.93. The highest BCUT2D eigenvalue weighted by Gasteiger charge is 2.32. The van der Waals surface area contributed by atoms with Crippen molar-refractivity contribution < 1.29 is 39.0 Å². The maximum Gasteiger partial charge on any atom is 0.351 e. The van der Waals surface area contributed by atoms with Crippen molar-refractivity contribution in [2.24, 2.45) is 0 Å². The molecule has 0 radical (unpaired) electrons. The molecule has 3 aliphatic rings. The molecule has 3 aliphatic heterocycles. The second-order valence-corrected chi connectivity index (χ2v) is 8.93. The maximum atomic E-state index is 13.0. The zero-order valence-electron chi connectivity index (χ0n) is 19.6. The van der Waals surface area contributed by atoms with Crippen LogP contribution in [0.1, 0.15) is 18.1 Å². The summed E-state index contributed by atoms with van der Waals surface area (Å²) >= 11 is 0. The molecule has 0 saturated carbocycles. The molecule has 0 aliphatic carbocycles. The molecule has 5 rings (SSSR count). The molecule has 1 unspecified atom stereocenters. The molecule has 10 heteroatoms. The van der Waals surface area contributed by atoms with E-state index >= 15 is 0 Å². The summed E-state index contributed by atoms with van der Waals surface area (Å²) in [5.74, 6) is -2.09. The van der Waals surface area contributed by atoms with Gasteiger partial charge in [-0.1, -0.05) is 18.2 Å². The van der Waals surface area contributed by atoms with E-state index in [1.807, 2.05) is 17.0 Å². The first-order chi connectivity index (χ1) is 16.8. The highest BCUT2D eigenvalue weighted by molar-refractivity contribution is 6.26. The van der Waals surface area contributed by atoms with E-state index in [9.17, 15) is 4.79 Å². The maximum absolute atomic E-state index is 13.0. The number of carbonyl (C=O) groups is 3. The van der Waals surface area contributed by atoms with Gasteiger partial charge < -0.3 is 34.3 Å². The molecule has 1 saturated heterocycles. The number of nitrogens with one attached hydrogen (secondary N) is 1. The van der Waals surface area contributed by atoms with Gasteiger partial charge in [-0.25, -0.2) is 4.79 Å². The summed E-state index contributed by atoms with van der Waals surface area (Å²) in [5.41, 5.74) is 3.65. The number of carbonyl (C=O) groups excluding carboxylic acids is 2. The van der Waals surface area contributed by atoms with E-state index in [1.54, 1.807) is 4.90 Å². The number of anilines is 1. The molecule has 0 spiro atoms. The third-order valence-corrected chi connectivity index (χ3v) is 6.46. The molecule has 0 aromatic heterocycles. The smallest absolute Gasteiger partial charge is 0.351 e. The van der Waals surface area contributed by atoms with Crippen LogP contribution >= 0.6 is 0 Å². The van der Waals surface area contributed by atoms with Crippen LogP contribution in [0.3, 0.4) is 0 Å².